The van der Waals surface area contributed by atoms with E-state index in [2.05, 4.69) is 20.7 Å². The van der Waals surface area contributed by atoms with Crippen LogP contribution in [-0.4, -0.2) is 65.5 Å². The number of fused-ring (bicyclic) bond motifs is 1. The third-order valence-electron chi connectivity index (χ3n) is 5.23. The third-order valence-corrected chi connectivity index (χ3v) is 6.57. The molecule has 3 heterocycles. The van der Waals surface area contributed by atoms with Crippen molar-refractivity contribution in [3.63, 3.8) is 0 Å². The summed E-state index contributed by atoms with van der Waals surface area (Å²) in [5, 5.41) is 31.4. The Kier molecular flexibility index (Phi) is 5.65. The second kappa shape index (κ2) is 8.40. The molecule has 2 aliphatic heterocycles. The standard InChI is InChI=1S/C19H20N6O5S/c20-13(9-2-5-12(26)6-3-9)16(27)22-14-17(28)25-15(19(29)30)10(8-31-18(14)25)1-4-11-7-21-24-23-11/h2-3,5-7,13-14,18,26H,1,4,8,20H2,(H,22,27)(H,29,30)(H,21,23,24)/t13-,14-,18-/m1/s1. The number of aryl methyl sites for hydroxylation is 1. The summed E-state index contributed by atoms with van der Waals surface area (Å²) < 4.78 is 0. The maximum Gasteiger partial charge on any atom is 0.352 e. The van der Waals surface area contributed by atoms with Gasteiger partial charge in [0.25, 0.3) is 5.91 Å². The lowest BCUT2D eigenvalue weighted by molar-refractivity contribution is -0.150. The van der Waals surface area contributed by atoms with Crippen molar-refractivity contribution in [3.8, 4) is 5.75 Å². The average molecular weight is 444 g/mol. The summed E-state index contributed by atoms with van der Waals surface area (Å²) in [5.74, 6) is -1.75. The Morgan fingerprint density at radius 1 is 1.32 bits per heavy atom. The number of nitrogens with one attached hydrogen (secondary N) is 2. The zero-order valence-corrected chi connectivity index (χ0v) is 17.0. The summed E-state index contributed by atoms with van der Waals surface area (Å²) in [6.07, 6.45) is 2.50. The van der Waals surface area contributed by atoms with Gasteiger partial charge in [0.1, 0.15) is 28.9 Å². The van der Waals surface area contributed by atoms with Gasteiger partial charge in [0.15, 0.2) is 0 Å². The van der Waals surface area contributed by atoms with E-state index in [9.17, 15) is 24.6 Å². The number of carboxylic acids is 1. The van der Waals surface area contributed by atoms with Crippen LogP contribution in [-0.2, 0) is 20.8 Å². The molecule has 0 aliphatic carbocycles. The number of amides is 2. The number of thioether (sulfide) groups is 1. The number of rotatable bonds is 7. The molecule has 4 rings (SSSR count). The highest BCUT2D eigenvalue weighted by atomic mass is 32.2. The molecule has 2 aromatic rings. The third kappa shape index (κ3) is 3.99. The van der Waals surface area contributed by atoms with Crippen LogP contribution < -0.4 is 11.1 Å². The van der Waals surface area contributed by atoms with Gasteiger partial charge in [-0.2, -0.15) is 15.4 Å². The van der Waals surface area contributed by atoms with Gasteiger partial charge in [-0.15, -0.1) is 11.8 Å². The molecule has 0 bridgehead atoms. The van der Waals surface area contributed by atoms with Crippen molar-refractivity contribution >= 4 is 29.5 Å². The lowest BCUT2D eigenvalue weighted by Crippen LogP contribution is -2.71. The number of aliphatic carboxylic acids is 1. The van der Waals surface area contributed by atoms with Gasteiger partial charge in [-0.25, -0.2) is 4.79 Å². The minimum absolute atomic E-state index is 0.0365. The summed E-state index contributed by atoms with van der Waals surface area (Å²) in [7, 11) is 0. The molecule has 12 heteroatoms. The Balaban J connectivity index is 1.45. The molecule has 2 amide bonds. The highest BCUT2D eigenvalue weighted by Gasteiger charge is 2.54. The lowest BCUT2D eigenvalue weighted by Gasteiger charge is -2.49. The second-order valence-electron chi connectivity index (χ2n) is 7.18. The topological polar surface area (TPSA) is 175 Å². The van der Waals surface area contributed by atoms with Gasteiger partial charge in [0.05, 0.1) is 11.9 Å². The largest absolute Gasteiger partial charge is 0.508 e. The molecule has 1 aromatic heterocycles. The number of carbonyl (C=O) groups excluding carboxylic acids is 2. The number of H-pyrrole nitrogens is 1. The zero-order valence-electron chi connectivity index (χ0n) is 16.2. The van der Waals surface area contributed by atoms with Gasteiger partial charge in [0.2, 0.25) is 5.91 Å². The second-order valence-corrected chi connectivity index (χ2v) is 8.29. The van der Waals surface area contributed by atoms with Gasteiger partial charge >= 0.3 is 5.97 Å². The molecule has 6 N–H and O–H groups in total. The van der Waals surface area contributed by atoms with Crippen molar-refractivity contribution in [1.82, 2.24) is 25.6 Å². The number of phenolic OH excluding ortho intramolecular Hbond substituents is 1. The summed E-state index contributed by atoms with van der Waals surface area (Å²) >= 11 is 1.39. The molecule has 0 unspecified atom stereocenters. The van der Waals surface area contributed by atoms with Gasteiger partial charge < -0.3 is 21.3 Å². The van der Waals surface area contributed by atoms with E-state index in [1.54, 1.807) is 6.20 Å². The molecule has 0 radical (unpaired) electrons. The van der Waals surface area contributed by atoms with Crippen LogP contribution in [0, 0.1) is 0 Å². The molecule has 1 saturated heterocycles. The maximum atomic E-state index is 12.7. The number of hydrogen-bond donors (Lipinski definition) is 5. The quantitative estimate of drug-likeness (QED) is 0.365. The number of benzene rings is 1. The van der Waals surface area contributed by atoms with E-state index in [1.807, 2.05) is 0 Å². The van der Waals surface area contributed by atoms with Crippen LogP contribution >= 0.6 is 11.8 Å². The minimum atomic E-state index is -1.18. The number of nitrogens with zero attached hydrogens (tertiary/aromatic N) is 3. The van der Waals surface area contributed by atoms with E-state index in [0.717, 1.165) is 0 Å². The van der Waals surface area contributed by atoms with Crippen molar-refractivity contribution in [2.24, 2.45) is 5.73 Å². The van der Waals surface area contributed by atoms with Crippen LogP contribution in [0.5, 0.6) is 5.75 Å². The van der Waals surface area contributed by atoms with Crippen LogP contribution in [0.3, 0.4) is 0 Å². The fraction of sp³-hybridized carbons (Fsp3) is 0.316. The van der Waals surface area contributed by atoms with Crippen molar-refractivity contribution in [2.75, 3.05) is 5.75 Å². The van der Waals surface area contributed by atoms with Crippen LogP contribution in [0.4, 0.5) is 0 Å². The first-order valence-corrected chi connectivity index (χ1v) is 10.5. The fourth-order valence-corrected chi connectivity index (χ4v) is 4.96. The van der Waals surface area contributed by atoms with E-state index in [4.69, 9.17) is 5.73 Å². The van der Waals surface area contributed by atoms with Gasteiger partial charge in [-0.1, -0.05) is 12.1 Å². The first-order chi connectivity index (χ1) is 14.9. The normalized spacial score (nSPS) is 21.3. The molecule has 1 fully saturated rings. The minimum Gasteiger partial charge on any atom is -0.508 e. The van der Waals surface area contributed by atoms with Crippen LogP contribution in [0.1, 0.15) is 23.7 Å². The molecule has 1 aromatic carbocycles. The van der Waals surface area contributed by atoms with Crippen LogP contribution in [0.25, 0.3) is 0 Å². The summed E-state index contributed by atoms with van der Waals surface area (Å²) in [5.41, 5.74) is 7.75. The van der Waals surface area contributed by atoms with Crippen LogP contribution in [0.15, 0.2) is 41.7 Å². The van der Waals surface area contributed by atoms with Crippen molar-refractivity contribution in [2.45, 2.75) is 30.3 Å². The average Bonchev–Trinajstić information content (AvgIpc) is 3.28. The number of hydrogen-bond acceptors (Lipinski definition) is 8. The fourth-order valence-electron chi connectivity index (χ4n) is 3.58. The molecule has 31 heavy (non-hydrogen) atoms. The first-order valence-electron chi connectivity index (χ1n) is 9.46. The van der Waals surface area contributed by atoms with E-state index in [1.165, 1.54) is 40.9 Å². The molecule has 0 spiro atoms. The SMILES string of the molecule is N[C@@H](C(=O)N[C@@H]1C(=O)N2C(C(=O)O)=C(CCc3cn[nH]n3)CS[C@H]12)c1ccc(O)cc1. The number of nitrogens with two attached hydrogens (primary N) is 1. The number of carbonyl (C=O) groups is 3. The molecule has 3 atom stereocenters. The van der Waals surface area contributed by atoms with E-state index < -0.39 is 35.2 Å². The predicted molar refractivity (Wildman–Crippen MR) is 109 cm³/mol. The zero-order chi connectivity index (χ0) is 22.1. The first kappa shape index (κ1) is 20.9. The number of phenols is 1. The summed E-state index contributed by atoms with van der Waals surface area (Å²) in [6.45, 7) is 0. The molecule has 0 saturated carbocycles. The van der Waals surface area contributed by atoms with E-state index >= 15 is 0 Å². The van der Waals surface area contributed by atoms with Crippen molar-refractivity contribution in [3.05, 3.63) is 53.0 Å². The smallest absolute Gasteiger partial charge is 0.352 e. The molecular formula is C19H20N6O5S. The Labute approximate surface area is 180 Å². The summed E-state index contributed by atoms with van der Waals surface area (Å²) in [6, 6.07) is 4.00. The van der Waals surface area contributed by atoms with Gasteiger partial charge in [-0.3, -0.25) is 14.5 Å². The predicted octanol–water partition coefficient (Wildman–Crippen LogP) is -0.118. The number of β-lactam (4-membered cyclic amide) rings is 1. The number of aromatic hydroxyl groups is 1. The lowest BCUT2D eigenvalue weighted by atomic mass is 9.99. The number of aromatic amines is 1. The molecule has 162 valence electrons. The molecular weight excluding hydrogens is 424 g/mol. The maximum absolute atomic E-state index is 12.7. The highest BCUT2D eigenvalue weighted by molar-refractivity contribution is 8.00. The van der Waals surface area contributed by atoms with Gasteiger partial charge in [0, 0.05) is 5.75 Å². The number of carboxylic acid groups (broad SMARTS) is 1. The van der Waals surface area contributed by atoms with E-state index in [0.29, 0.717) is 35.4 Å². The Morgan fingerprint density at radius 3 is 2.71 bits per heavy atom. The van der Waals surface area contributed by atoms with Crippen LogP contribution in [0.2, 0.25) is 0 Å². The van der Waals surface area contributed by atoms with E-state index in [-0.39, 0.29) is 11.4 Å². The Morgan fingerprint density at radius 2 is 2.06 bits per heavy atom. The van der Waals surface area contributed by atoms with Crippen molar-refractivity contribution in [1.29, 1.82) is 0 Å². The molecule has 11 nitrogen and oxygen atoms in total. The van der Waals surface area contributed by atoms with Crippen molar-refractivity contribution < 1.29 is 24.6 Å². The Hall–Kier alpha value is -3.38. The highest BCUT2D eigenvalue weighted by Crippen LogP contribution is 2.41. The molecule has 2 aliphatic rings. The Bertz CT molecular complexity index is 1040. The van der Waals surface area contributed by atoms with Gasteiger partial charge in [-0.05, 0) is 36.1 Å². The monoisotopic (exact) mass is 444 g/mol. The number of aromatic nitrogens is 3. The summed E-state index contributed by atoms with van der Waals surface area (Å²) in [4.78, 5) is 38.4.